The van der Waals surface area contributed by atoms with Crippen LogP contribution in [0.2, 0.25) is 12.1 Å². The fourth-order valence-corrected chi connectivity index (χ4v) is 5.21. The Morgan fingerprint density at radius 3 is 2.78 bits per heavy atom. The zero-order valence-electron chi connectivity index (χ0n) is 5.66. The van der Waals surface area contributed by atoms with E-state index in [0.717, 1.165) is 18.0 Å². The van der Waals surface area contributed by atoms with Crippen molar-refractivity contribution in [2.24, 2.45) is 0 Å². The first kappa shape index (κ1) is 9.97. The third-order valence-corrected chi connectivity index (χ3v) is 8.42. The molecule has 0 aromatic heterocycles. The van der Waals surface area contributed by atoms with Crippen LogP contribution in [0.25, 0.3) is 0 Å². The largest absolute Gasteiger partial charge is 0.354 e. The Bertz CT molecular complexity index is 64.5. The molecule has 0 saturated carbocycles. The lowest BCUT2D eigenvalue weighted by atomic mass is 11.0. The topological polar surface area (TPSA) is 12.0 Å². The lowest BCUT2D eigenvalue weighted by molar-refractivity contribution is 1.33. The fraction of sp³-hybridized carbons (Fsp3) is 1.00. The lowest BCUT2D eigenvalue weighted by Crippen LogP contribution is -2.31. The van der Waals surface area contributed by atoms with E-state index in [9.17, 15) is 0 Å². The number of halogens is 2. The van der Waals surface area contributed by atoms with Crippen molar-refractivity contribution in [3.63, 3.8) is 0 Å². The lowest BCUT2D eigenvalue weighted by Gasteiger charge is -2.04. The Balaban J connectivity index is 2.88. The number of hydrogen-bond donors (Lipinski definition) is 1. The van der Waals surface area contributed by atoms with E-state index in [1.165, 1.54) is 0 Å². The summed E-state index contributed by atoms with van der Waals surface area (Å²) < 4.78 is 3.39. The molecule has 56 valence electrons. The Morgan fingerprint density at radius 1 is 1.67 bits per heavy atom. The number of rotatable bonds is 5. The van der Waals surface area contributed by atoms with Gasteiger partial charge in [-0.3, -0.25) is 0 Å². The van der Waals surface area contributed by atoms with E-state index in [1.807, 2.05) is 0 Å². The number of nitrogens with one attached hydrogen (secondary N) is 1. The molecule has 0 spiro atoms. The van der Waals surface area contributed by atoms with Gasteiger partial charge < -0.3 is 4.65 Å². The average Bonchev–Trinajstić information content (AvgIpc) is 1.89. The molecule has 0 bridgehead atoms. The van der Waals surface area contributed by atoms with Crippen molar-refractivity contribution in [1.82, 2.24) is 4.65 Å². The minimum atomic E-state index is -0.988. The van der Waals surface area contributed by atoms with Gasteiger partial charge in [-0.15, -0.1) is 11.6 Å². The molecule has 0 aliphatic heterocycles. The smallest absolute Gasteiger partial charge is 0.204 e. The van der Waals surface area contributed by atoms with Crippen LogP contribution in [-0.2, 0) is 0 Å². The van der Waals surface area contributed by atoms with Crippen LogP contribution in [-0.4, -0.2) is 23.8 Å². The molecular weight excluding hydrogens is 189 g/mol. The minimum absolute atomic E-state index is 0.0993. The highest BCUT2D eigenvalue weighted by Crippen LogP contribution is 1.91. The molecule has 0 heterocycles. The summed E-state index contributed by atoms with van der Waals surface area (Å²) in [5, 5.41) is 0. The van der Waals surface area contributed by atoms with Crippen molar-refractivity contribution in [2.45, 2.75) is 19.0 Å². The molecule has 5 heteroatoms. The summed E-state index contributed by atoms with van der Waals surface area (Å²) in [5.41, 5.74) is 0. The van der Waals surface area contributed by atoms with Gasteiger partial charge in [-0.2, -0.15) is 11.1 Å². The minimum Gasteiger partial charge on any atom is -0.354 e. The van der Waals surface area contributed by atoms with Gasteiger partial charge in [0.1, 0.15) is 0 Å². The van der Waals surface area contributed by atoms with Crippen LogP contribution < -0.4 is 4.65 Å². The third kappa shape index (κ3) is 6.86. The SMILES string of the molecule is CC[SiH](Cl)N[SiH2]CCCl. The first-order chi connectivity index (χ1) is 4.31. The summed E-state index contributed by atoms with van der Waals surface area (Å²) in [5.74, 6) is 0.793. The van der Waals surface area contributed by atoms with Gasteiger partial charge in [-0.25, -0.2) is 0 Å². The second kappa shape index (κ2) is 7.09. The zero-order valence-corrected chi connectivity index (χ0v) is 9.74. The molecule has 1 atom stereocenters. The second-order valence-corrected chi connectivity index (χ2v) is 8.42. The van der Waals surface area contributed by atoms with Gasteiger partial charge in [0, 0.05) is 5.88 Å². The molecule has 0 radical (unpaired) electrons. The van der Waals surface area contributed by atoms with E-state index >= 15 is 0 Å². The quantitative estimate of drug-likeness (QED) is 0.301. The molecular formula is C4H13Cl2NSi2. The maximum atomic E-state index is 5.92. The van der Waals surface area contributed by atoms with Crippen molar-refractivity contribution in [1.29, 1.82) is 0 Å². The first-order valence-corrected chi connectivity index (χ1v) is 8.62. The van der Waals surface area contributed by atoms with E-state index in [-0.39, 0.29) is 9.68 Å². The zero-order chi connectivity index (χ0) is 7.11. The summed E-state index contributed by atoms with van der Waals surface area (Å²) >= 11 is 11.4. The first-order valence-electron chi connectivity index (χ1n) is 3.24. The van der Waals surface area contributed by atoms with Gasteiger partial charge in [0.05, 0.1) is 9.68 Å². The van der Waals surface area contributed by atoms with E-state index in [1.54, 1.807) is 0 Å². The predicted molar refractivity (Wildman–Crippen MR) is 50.7 cm³/mol. The molecule has 0 fully saturated rings. The van der Waals surface area contributed by atoms with Crippen LogP contribution in [0, 0.1) is 0 Å². The van der Waals surface area contributed by atoms with Crippen LogP contribution in [0.4, 0.5) is 0 Å². The number of hydrogen-bond acceptors (Lipinski definition) is 1. The highest BCUT2D eigenvalue weighted by atomic mass is 35.6. The molecule has 0 aromatic rings. The summed E-state index contributed by atoms with van der Waals surface area (Å²) in [7, 11) is -1.09. The normalized spacial score (nSPS) is 15.0. The van der Waals surface area contributed by atoms with Crippen LogP contribution >= 0.6 is 22.7 Å². The molecule has 9 heavy (non-hydrogen) atoms. The molecule has 0 rings (SSSR count). The summed E-state index contributed by atoms with van der Waals surface area (Å²) in [6.07, 6.45) is 0. The maximum Gasteiger partial charge on any atom is 0.204 e. The summed E-state index contributed by atoms with van der Waals surface area (Å²) in [6.45, 7) is 2.13. The number of alkyl halides is 1. The third-order valence-electron chi connectivity index (χ3n) is 1.03. The highest BCUT2D eigenvalue weighted by molar-refractivity contribution is 7.07. The molecule has 1 N–H and O–H groups in total. The highest BCUT2D eigenvalue weighted by Gasteiger charge is 2.00. The molecule has 0 amide bonds. The predicted octanol–water partition coefficient (Wildman–Crippen LogP) is 0.796. The standard InChI is InChI=1S/C4H13Cl2NSi2/c1-2-9(6)7-8-4-3-5/h7,9H,2-4,8H2,1H3. The van der Waals surface area contributed by atoms with E-state index in [4.69, 9.17) is 22.7 Å². The molecule has 0 saturated heterocycles. The Morgan fingerprint density at radius 2 is 2.33 bits per heavy atom. The van der Waals surface area contributed by atoms with Crippen LogP contribution in [0.3, 0.4) is 0 Å². The van der Waals surface area contributed by atoms with Gasteiger partial charge in [0.15, 0.2) is 0 Å². The average molecular weight is 202 g/mol. The molecule has 1 unspecified atom stereocenters. The van der Waals surface area contributed by atoms with Gasteiger partial charge in [0.2, 0.25) is 8.27 Å². The van der Waals surface area contributed by atoms with Crippen LogP contribution in [0.1, 0.15) is 6.92 Å². The molecule has 0 aliphatic rings. The second-order valence-electron chi connectivity index (χ2n) is 1.87. The van der Waals surface area contributed by atoms with Crippen molar-refractivity contribution in [2.75, 3.05) is 5.88 Å². The summed E-state index contributed by atoms with van der Waals surface area (Å²) in [6, 6.07) is 2.30. The van der Waals surface area contributed by atoms with E-state index < -0.39 is 8.27 Å². The van der Waals surface area contributed by atoms with Gasteiger partial charge in [0.25, 0.3) is 0 Å². The summed E-state index contributed by atoms with van der Waals surface area (Å²) in [4.78, 5) is 0. The van der Waals surface area contributed by atoms with Gasteiger partial charge >= 0.3 is 0 Å². The molecule has 0 aliphatic carbocycles. The Kier molecular flexibility index (Phi) is 7.85. The van der Waals surface area contributed by atoms with E-state index in [2.05, 4.69) is 11.6 Å². The van der Waals surface area contributed by atoms with Gasteiger partial charge in [-0.1, -0.05) is 6.92 Å². The van der Waals surface area contributed by atoms with E-state index in [0.29, 0.717) is 0 Å². The fourth-order valence-electron chi connectivity index (χ4n) is 0.470. The maximum absolute atomic E-state index is 5.92. The monoisotopic (exact) mass is 201 g/mol. The van der Waals surface area contributed by atoms with Crippen molar-refractivity contribution in [3.8, 4) is 0 Å². The van der Waals surface area contributed by atoms with Crippen LogP contribution in [0.15, 0.2) is 0 Å². The molecule has 0 aromatic carbocycles. The van der Waals surface area contributed by atoms with Crippen molar-refractivity contribution in [3.05, 3.63) is 0 Å². The Labute approximate surface area is 70.4 Å². The van der Waals surface area contributed by atoms with Crippen molar-refractivity contribution < 1.29 is 0 Å². The Hall–Kier alpha value is 0.974. The van der Waals surface area contributed by atoms with Gasteiger partial charge in [-0.05, 0) is 12.1 Å². The van der Waals surface area contributed by atoms with Crippen LogP contribution in [0.5, 0.6) is 0 Å². The van der Waals surface area contributed by atoms with Crippen molar-refractivity contribution >= 4 is 40.6 Å². The molecule has 1 nitrogen and oxygen atoms in total.